The van der Waals surface area contributed by atoms with Crippen molar-refractivity contribution >= 4 is 11.6 Å². The molecule has 0 aromatic heterocycles. The number of hydroxylamine groups is 2. The number of amides is 1. The van der Waals surface area contributed by atoms with Crippen LogP contribution in [0.5, 0.6) is 11.5 Å². The molecule has 0 aliphatic rings. The normalized spacial score (nSPS) is 13.0. The van der Waals surface area contributed by atoms with Gasteiger partial charge >= 0.3 is 0 Å². The Bertz CT molecular complexity index is 1230. The standard InChI is InChI=1S/C38H62N2O4/c1-13-37(11,14-2)23-27-22-32(41)28(24-40(44)25-38(12,15-3)16-4)21-31(27)39-33(42)18-17-26-19-29(35(5,6)7)34(43)30(20-26)36(8,9)10/h19-22,41,43-44H,13-18,23-25H2,1-12H3,(H,39,42). The maximum Gasteiger partial charge on any atom is 0.224 e. The fourth-order valence-corrected chi connectivity index (χ4v) is 5.64. The van der Waals surface area contributed by atoms with Crippen molar-refractivity contribution in [1.82, 2.24) is 5.06 Å². The Hall–Kier alpha value is -2.57. The van der Waals surface area contributed by atoms with Crippen LogP contribution in [0, 0.1) is 10.8 Å². The quantitative estimate of drug-likeness (QED) is 0.126. The molecule has 2 aromatic carbocycles. The summed E-state index contributed by atoms with van der Waals surface area (Å²) >= 11 is 0. The number of carbonyl (C=O) groups excluding carboxylic acids is 1. The van der Waals surface area contributed by atoms with Crippen LogP contribution in [0.1, 0.15) is 143 Å². The monoisotopic (exact) mass is 610 g/mol. The molecule has 44 heavy (non-hydrogen) atoms. The molecule has 6 heteroatoms. The summed E-state index contributed by atoms with van der Waals surface area (Å²) in [7, 11) is 0. The van der Waals surface area contributed by atoms with Crippen molar-refractivity contribution in [1.29, 1.82) is 0 Å². The van der Waals surface area contributed by atoms with Crippen molar-refractivity contribution in [3.63, 3.8) is 0 Å². The second-order valence-corrected chi connectivity index (χ2v) is 15.8. The number of nitrogens with zero attached hydrogens (tertiary/aromatic N) is 1. The van der Waals surface area contributed by atoms with E-state index in [1.807, 2.05) is 18.2 Å². The highest BCUT2D eigenvalue weighted by Crippen LogP contribution is 2.40. The first kappa shape index (κ1) is 37.6. The number of hydrogen-bond acceptors (Lipinski definition) is 5. The molecular weight excluding hydrogens is 548 g/mol. The molecule has 0 bridgehead atoms. The van der Waals surface area contributed by atoms with Crippen LogP contribution in [0.15, 0.2) is 24.3 Å². The van der Waals surface area contributed by atoms with E-state index in [1.165, 1.54) is 5.06 Å². The Kier molecular flexibility index (Phi) is 12.6. The zero-order valence-electron chi connectivity index (χ0n) is 29.9. The van der Waals surface area contributed by atoms with Gasteiger partial charge in [-0.05, 0) is 81.7 Å². The van der Waals surface area contributed by atoms with E-state index in [0.717, 1.165) is 54.4 Å². The minimum atomic E-state index is -0.239. The van der Waals surface area contributed by atoms with Crippen LogP contribution in [0.3, 0.4) is 0 Å². The van der Waals surface area contributed by atoms with Gasteiger partial charge in [-0.1, -0.05) is 108 Å². The molecule has 2 rings (SSSR count). The van der Waals surface area contributed by atoms with Crippen molar-refractivity contribution in [3.05, 3.63) is 52.1 Å². The molecule has 6 nitrogen and oxygen atoms in total. The number of aromatic hydroxyl groups is 2. The number of hydrogen-bond donors (Lipinski definition) is 4. The second kappa shape index (κ2) is 14.7. The summed E-state index contributed by atoms with van der Waals surface area (Å²) in [5.41, 5.74) is 4.49. The topological polar surface area (TPSA) is 93.0 Å². The van der Waals surface area contributed by atoms with E-state index in [9.17, 15) is 20.2 Å². The lowest BCUT2D eigenvalue weighted by Gasteiger charge is -2.31. The first-order valence-electron chi connectivity index (χ1n) is 16.7. The van der Waals surface area contributed by atoms with Crippen LogP contribution in [-0.2, 0) is 35.0 Å². The highest BCUT2D eigenvalue weighted by atomic mass is 16.5. The van der Waals surface area contributed by atoms with Crippen molar-refractivity contribution in [2.75, 3.05) is 11.9 Å². The van der Waals surface area contributed by atoms with Gasteiger partial charge in [0.1, 0.15) is 11.5 Å². The van der Waals surface area contributed by atoms with Crippen LogP contribution < -0.4 is 5.32 Å². The number of benzene rings is 2. The van der Waals surface area contributed by atoms with Crippen LogP contribution in [0.25, 0.3) is 0 Å². The smallest absolute Gasteiger partial charge is 0.224 e. The zero-order valence-corrected chi connectivity index (χ0v) is 29.9. The van der Waals surface area contributed by atoms with Gasteiger partial charge in [-0.25, -0.2) is 0 Å². The summed E-state index contributed by atoms with van der Waals surface area (Å²) in [6.07, 6.45) is 5.37. The van der Waals surface area contributed by atoms with Crippen molar-refractivity contribution in [2.24, 2.45) is 10.8 Å². The van der Waals surface area contributed by atoms with E-state index in [-0.39, 0.29) is 46.3 Å². The first-order valence-corrected chi connectivity index (χ1v) is 16.7. The Morgan fingerprint density at radius 2 is 1.25 bits per heavy atom. The summed E-state index contributed by atoms with van der Waals surface area (Å²) in [6, 6.07) is 7.67. The largest absolute Gasteiger partial charge is 0.508 e. The highest BCUT2D eigenvalue weighted by Gasteiger charge is 2.28. The van der Waals surface area contributed by atoms with Crippen LogP contribution in [0.2, 0.25) is 0 Å². The van der Waals surface area contributed by atoms with Crippen molar-refractivity contribution in [3.8, 4) is 11.5 Å². The van der Waals surface area contributed by atoms with Crippen molar-refractivity contribution < 1.29 is 20.2 Å². The molecule has 0 radical (unpaired) electrons. The lowest BCUT2D eigenvalue weighted by molar-refractivity contribution is -0.124. The molecule has 0 fully saturated rings. The van der Waals surface area contributed by atoms with Gasteiger partial charge in [0, 0.05) is 24.2 Å². The van der Waals surface area contributed by atoms with Gasteiger partial charge in [0.05, 0.1) is 6.54 Å². The molecule has 4 N–H and O–H groups in total. The van der Waals surface area contributed by atoms with Crippen molar-refractivity contribution in [2.45, 2.75) is 145 Å². The molecule has 0 unspecified atom stereocenters. The average Bonchev–Trinajstić information content (AvgIpc) is 2.93. The van der Waals surface area contributed by atoms with Gasteiger partial charge in [0.25, 0.3) is 0 Å². The van der Waals surface area contributed by atoms with E-state index in [4.69, 9.17) is 0 Å². The summed E-state index contributed by atoms with van der Waals surface area (Å²) in [5, 5.41) is 37.4. The fourth-order valence-electron chi connectivity index (χ4n) is 5.64. The third-order valence-electron chi connectivity index (χ3n) is 9.95. The summed E-state index contributed by atoms with van der Waals surface area (Å²) in [6.45, 7) is 26.2. The molecule has 1 amide bonds. The maximum absolute atomic E-state index is 13.5. The van der Waals surface area contributed by atoms with E-state index in [0.29, 0.717) is 30.0 Å². The number of carbonyl (C=O) groups is 1. The minimum absolute atomic E-state index is 0.0271. The summed E-state index contributed by atoms with van der Waals surface area (Å²) < 4.78 is 0. The number of anilines is 1. The van der Waals surface area contributed by atoms with Gasteiger partial charge in [-0.3, -0.25) is 4.79 Å². The van der Waals surface area contributed by atoms with E-state index >= 15 is 0 Å². The number of aryl methyl sites for hydroxylation is 1. The molecule has 0 saturated carbocycles. The first-order chi connectivity index (χ1) is 20.2. The zero-order chi connectivity index (χ0) is 33.7. The molecule has 0 atom stereocenters. The van der Waals surface area contributed by atoms with Gasteiger partial charge in [0.15, 0.2) is 0 Å². The van der Waals surface area contributed by atoms with Crippen LogP contribution in [0.4, 0.5) is 5.69 Å². The van der Waals surface area contributed by atoms with Gasteiger partial charge in [-0.2, -0.15) is 5.06 Å². The number of nitrogens with one attached hydrogen (secondary N) is 1. The number of rotatable bonds is 14. The molecular formula is C38H62N2O4. The van der Waals surface area contributed by atoms with E-state index in [1.54, 1.807) is 6.07 Å². The second-order valence-electron chi connectivity index (χ2n) is 15.8. The fraction of sp³-hybridized carbons (Fsp3) is 0.658. The lowest BCUT2D eigenvalue weighted by Crippen LogP contribution is -2.32. The molecule has 0 heterocycles. The Morgan fingerprint density at radius 1 is 0.750 bits per heavy atom. The van der Waals surface area contributed by atoms with Gasteiger partial charge < -0.3 is 20.7 Å². The third-order valence-corrected chi connectivity index (χ3v) is 9.95. The van der Waals surface area contributed by atoms with Gasteiger partial charge in [0.2, 0.25) is 5.91 Å². The van der Waals surface area contributed by atoms with Crippen LogP contribution >= 0.6 is 0 Å². The maximum atomic E-state index is 13.5. The molecule has 248 valence electrons. The predicted molar refractivity (Wildman–Crippen MR) is 184 cm³/mol. The Morgan fingerprint density at radius 3 is 1.70 bits per heavy atom. The minimum Gasteiger partial charge on any atom is -0.508 e. The highest BCUT2D eigenvalue weighted by molar-refractivity contribution is 5.92. The molecule has 2 aromatic rings. The van der Waals surface area contributed by atoms with Gasteiger partial charge in [-0.15, -0.1) is 0 Å². The summed E-state index contributed by atoms with van der Waals surface area (Å²) in [4.78, 5) is 13.5. The number of phenols is 2. The van der Waals surface area contributed by atoms with Crippen LogP contribution in [-0.4, -0.2) is 32.9 Å². The third kappa shape index (κ3) is 9.97. The average molecular weight is 611 g/mol. The molecule has 0 saturated heterocycles. The lowest BCUT2D eigenvalue weighted by atomic mass is 9.78. The SMILES string of the molecule is CCC(C)(CC)Cc1cc(O)c(CN(O)CC(C)(CC)CC)cc1NC(=O)CCc1cc(C(C)(C)C)c(O)c(C(C)(C)C)c1. The molecule has 0 spiro atoms. The molecule has 0 aliphatic heterocycles. The predicted octanol–water partition coefficient (Wildman–Crippen LogP) is 9.65. The summed E-state index contributed by atoms with van der Waals surface area (Å²) in [5.74, 6) is 0.367. The van der Waals surface area contributed by atoms with E-state index in [2.05, 4.69) is 88.4 Å². The number of phenolic OH excluding ortho intramolecular Hbond substituents is 2. The Labute approximate surface area is 268 Å². The Balaban J connectivity index is 2.40. The van der Waals surface area contributed by atoms with E-state index < -0.39 is 0 Å². The molecule has 0 aliphatic carbocycles.